The minimum absolute atomic E-state index is 0.00953. The third-order valence-electron chi connectivity index (χ3n) is 4.88. The van der Waals surface area contributed by atoms with E-state index in [-0.39, 0.29) is 18.3 Å². The van der Waals surface area contributed by atoms with Gasteiger partial charge in [-0.25, -0.2) is 0 Å². The minimum atomic E-state index is -3.81. The Morgan fingerprint density at radius 3 is 2.53 bits per heavy atom. The van der Waals surface area contributed by atoms with Crippen molar-refractivity contribution in [2.24, 2.45) is 5.73 Å². The Bertz CT molecular complexity index is 1080. The quantitative estimate of drug-likeness (QED) is 0.285. The summed E-state index contributed by atoms with van der Waals surface area (Å²) >= 11 is 0. The summed E-state index contributed by atoms with van der Waals surface area (Å²) in [7, 11) is -3.81. The third kappa shape index (κ3) is 5.11. The van der Waals surface area contributed by atoms with Crippen molar-refractivity contribution in [3.63, 3.8) is 0 Å². The van der Waals surface area contributed by atoms with Gasteiger partial charge in [-0.2, -0.15) is 0 Å². The van der Waals surface area contributed by atoms with Crippen LogP contribution in [0.25, 0.3) is 10.9 Å². The van der Waals surface area contributed by atoms with Gasteiger partial charge in [-0.3, -0.25) is 9.36 Å². The number of amides is 1. The molecule has 1 aromatic heterocycles. The maximum atomic E-state index is 11.9. The fraction of sp³-hybridized carbons (Fsp3) is 0.318. The highest BCUT2D eigenvalue weighted by molar-refractivity contribution is 7.52. The number of carbonyl (C=O) groups is 1. The number of benzene rings is 2. The number of carbonyl (C=O) groups excluding carboxylic acids is 1. The van der Waals surface area contributed by atoms with Gasteiger partial charge in [-0.1, -0.05) is 48.9 Å². The molecule has 0 aliphatic carbocycles. The lowest BCUT2D eigenvalue weighted by Gasteiger charge is -2.11. The maximum absolute atomic E-state index is 11.9. The molecule has 1 unspecified atom stereocenters. The number of rotatable bonds is 10. The van der Waals surface area contributed by atoms with Gasteiger partial charge in [-0.15, -0.1) is 0 Å². The maximum Gasteiger partial charge on any atom is 0.366 e. The van der Waals surface area contributed by atoms with Crippen LogP contribution in [0.4, 0.5) is 0 Å². The second-order valence-electron chi connectivity index (χ2n) is 7.19. The predicted octanol–water partition coefficient (Wildman–Crippen LogP) is 4.19. The van der Waals surface area contributed by atoms with Crippen LogP contribution < -0.4 is 10.6 Å². The molecule has 3 N–H and O–H groups in total. The van der Waals surface area contributed by atoms with E-state index in [0.29, 0.717) is 13.0 Å². The van der Waals surface area contributed by atoms with Gasteiger partial charge in [0.1, 0.15) is 0 Å². The smallest absolute Gasteiger partial charge is 0.366 e. The second kappa shape index (κ2) is 9.47. The van der Waals surface area contributed by atoms with Crippen LogP contribution in [0.15, 0.2) is 48.5 Å². The van der Waals surface area contributed by atoms with Crippen molar-refractivity contribution >= 4 is 24.4 Å². The van der Waals surface area contributed by atoms with Crippen LogP contribution in [0.5, 0.6) is 5.75 Å². The number of fused-ring (bicyclic) bond motifs is 1. The fourth-order valence-corrected chi connectivity index (χ4v) is 4.49. The molecule has 0 spiro atoms. The van der Waals surface area contributed by atoms with Crippen molar-refractivity contribution in [1.29, 1.82) is 0 Å². The van der Waals surface area contributed by atoms with Gasteiger partial charge in [0.2, 0.25) is 5.91 Å². The van der Waals surface area contributed by atoms with E-state index < -0.39 is 13.5 Å². The van der Waals surface area contributed by atoms with E-state index in [1.54, 1.807) is 19.1 Å². The molecule has 0 bridgehead atoms. The van der Waals surface area contributed by atoms with Crippen LogP contribution in [0.1, 0.15) is 37.1 Å². The first kappa shape index (κ1) is 22.1. The summed E-state index contributed by atoms with van der Waals surface area (Å²) < 4.78 is 18.9. The lowest BCUT2D eigenvalue weighted by atomic mass is 10.1. The van der Waals surface area contributed by atoms with Crippen LogP contribution in [-0.4, -0.2) is 21.5 Å². The first-order valence-electron chi connectivity index (χ1n) is 9.99. The molecule has 0 saturated heterocycles. The molecule has 0 aliphatic rings. The monoisotopic (exact) mass is 430 g/mol. The van der Waals surface area contributed by atoms with E-state index in [1.165, 1.54) is 0 Å². The van der Waals surface area contributed by atoms with Gasteiger partial charge < -0.3 is 20.1 Å². The molecule has 160 valence electrons. The molecule has 3 aromatic rings. The largest absolute Gasteiger partial charge is 0.369 e. The number of nitrogens with zero attached hydrogens (tertiary/aromatic N) is 1. The first-order chi connectivity index (χ1) is 14.3. The van der Waals surface area contributed by atoms with E-state index in [2.05, 4.69) is 16.7 Å². The van der Waals surface area contributed by atoms with Crippen LogP contribution in [0, 0.1) is 0 Å². The summed E-state index contributed by atoms with van der Waals surface area (Å²) in [6, 6.07) is 15.3. The zero-order valence-corrected chi connectivity index (χ0v) is 18.1. The van der Waals surface area contributed by atoms with Crippen molar-refractivity contribution in [3.05, 3.63) is 65.4 Å². The van der Waals surface area contributed by atoms with Crippen LogP contribution in [0.3, 0.4) is 0 Å². The predicted molar refractivity (Wildman–Crippen MR) is 116 cm³/mol. The van der Waals surface area contributed by atoms with Gasteiger partial charge in [-0.05, 0) is 42.2 Å². The molecule has 1 amide bonds. The van der Waals surface area contributed by atoms with Crippen molar-refractivity contribution in [1.82, 2.24) is 4.57 Å². The van der Waals surface area contributed by atoms with Crippen LogP contribution >= 0.6 is 7.60 Å². The molecule has 2 aromatic carbocycles. The molecular formula is C22H27N2O5P. The highest BCUT2D eigenvalue weighted by atomic mass is 31.2. The zero-order valence-electron chi connectivity index (χ0n) is 17.2. The molecule has 0 fully saturated rings. The molecular weight excluding hydrogens is 403 g/mol. The van der Waals surface area contributed by atoms with Crippen molar-refractivity contribution < 1.29 is 23.8 Å². The van der Waals surface area contributed by atoms with E-state index in [1.807, 2.05) is 31.2 Å². The molecule has 1 heterocycles. The topological polar surface area (TPSA) is 104 Å². The first-order valence-corrected chi connectivity index (χ1v) is 11.7. The molecule has 30 heavy (non-hydrogen) atoms. The third-order valence-corrected chi connectivity index (χ3v) is 6.20. The van der Waals surface area contributed by atoms with Gasteiger partial charge in [0.15, 0.2) is 5.75 Å². The molecule has 0 radical (unpaired) electrons. The summed E-state index contributed by atoms with van der Waals surface area (Å²) in [6.07, 6.45) is 1.33. The van der Waals surface area contributed by atoms with Gasteiger partial charge in [0.25, 0.3) is 0 Å². The Kier molecular flexibility index (Phi) is 6.98. The fourth-order valence-electron chi connectivity index (χ4n) is 3.65. The minimum Gasteiger partial charge on any atom is -0.369 e. The highest BCUT2D eigenvalue weighted by Gasteiger charge is 2.22. The summed E-state index contributed by atoms with van der Waals surface area (Å²) in [6.45, 7) is 4.47. The standard InChI is InChI=1S/C22H27N2O5P/c1-3-12-30(26,27)29-28-17-10-11-21-18(13-17)19(14-22(23)25)20(4-2)24(21)15-16-8-6-5-7-9-16/h5-11,13H,3-4,12,14-15H2,1-2H3,(H2,23,25)(H,26,27). The SMILES string of the molecule is CCCP(=O)(O)OOc1ccc2c(c1)c(CC(N)=O)c(CC)n2Cc1ccccc1. The molecule has 3 rings (SSSR count). The lowest BCUT2D eigenvalue weighted by molar-refractivity contribution is -0.117. The van der Waals surface area contributed by atoms with Crippen molar-refractivity contribution in [2.75, 3.05) is 6.16 Å². The Morgan fingerprint density at radius 1 is 1.17 bits per heavy atom. The number of aromatic nitrogens is 1. The summed E-state index contributed by atoms with van der Waals surface area (Å²) in [5, 5.41) is 0.811. The van der Waals surface area contributed by atoms with E-state index in [0.717, 1.165) is 34.1 Å². The van der Waals surface area contributed by atoms with Crippen LogP contribution in [0.2, 0.25) is 0 Å². The normalized spacial score (nSPS) is 13.3. The van der Waals surface area contributed by atoms with Gasteiger partial charge >= 0.3 is 7.60 Å². The zero-order chi connectivity index (χ0) is 21.7. The van der Waals surface area contributed by atoms with Crippen LogP contribution in [-0.2, 0) is 33.4 Å². The Balaban J connectivity index is 2.04. The molecule has 0 aliphatic heterocycles. The van der Waals surface area contributed by atoms with Crippen molar-refractivity contribution in [3.8, 4) is 5.75 Å². The second-order valence-corrected chi connectivity index (χ2v) is 9.06. The van der Waals surface area contributed by atoms with Gasteiger partial charge in [0.05, 0.1) is 12.6 Å². The number of nitrogens with two attached hydrogens (primary N) is 1. The van der Waals surface area contributed by atoms with E-state index in [9.17, 15) is 14.3 Å². The summed E-state index contributed by atoms with van der Waals surface area (Å²) in [5.74, 6) is -0.132. The Hall–Kier alpha value is -2.60. The Labute approximate surface area is 175 Å². The summed E-state index contributed by atoms with van der Waals surface area (Å²) in [4.78, 5) is 26.7. The number of hydrogen-bond acceptors (Lipinski definition) is 4. The van der Waals surface area contributed by atoms with Gasteiger partial charge in [0, 0.05) is 23.1 Å². The number of hydrogen-bond donors (Lipinski definition) is 2. The highest BCUT2D eigenvalue weighted by Crippen LogP contribution is 2.43. The summed E-state index contributed by atoms with van der Waals surface area (Å²) in [5.41, 5.74) is 9.44. The van der Waals surface area contributed by atoms with Crippen molar-refractivity contribution in [2.45, 2.75) is 39.7 Å². The Morgan fingerprint density at radius 2 is 1.90 bits per heavy atom. The van der Waals surface area contributed by atoms with E-state index >= 15 is 0 Å². The lowest BCUT2D eigenvalue weighted by Crippen LogP contribution is -2.15. The average Bonchev–Trinajstić information content (AvgIpc) is 2.99. The molecule has 7 nitrogen and oxygen atoms in total. The average molecular weight is 430 g/mol. The molecule has 1 atom stereocenters. The van der Waals surface area contributed by atoms with E-state index in [4.69, 9.17) is 15.3 Å². The molecule has 8 heteroatoms. The molecule has 0 saturated carbocycles. The number of primary amides is 1.